The summed E-state index contributed by atoms with van der Waals surface area (Å²) in [6, 6.07) is 10.4. The summed E-state index contributed by atoms with van der Waals surface area (Å²) in [5.41, 5.74) is 1.68. The van der Waals surface area contributed by atoms with E-state index in [4.69, 9.17) is 4.74 Å². The first-order valence-corrected chi connectivity index (χ1v) is 6.40. The molecule has 0 atom stereocenters. The highest BCUT2D eigenvalue weighted by molar-refractivity contribution is 5.94. The van der Waals surface area contributed by atoms with Gasteiger partial charge in [-0.05, 0) is 23.3 Å². The molecule has 0 spiro atoms. The molecule has 2 rings (SSSR count). The van der Waals surface area contributed by atoms with Crippen molar-refractivity contribution in [2.45, 2.75) is 13.2 Å². The molecule has 0 fully saturated rings. The maximum absolute atomic E-state index is 13.5. The number of carbonyl (C=O) groups excluding carboxylic acids is 1. The average molecular weight is 291 g/mol. The van der Waals surface area contributed by atoms with E-state index in [-0.39, 0.29) is 12.1 Å². The summed E-state index contributed by atoms with van der Waals surface area (Å²) < 4.78 is 31.3. The van der Waals surface area contributed by atoms with Crippen molar-refractivity contribution in [3.63, 3.8) is 0 Å². The van der Waals surface area contributed by atoms with Crippen LogP contribution in [0.25, 0.3) is 0 Å². The molecule has 110 valence electrons. The van der Waals surface area contributed by atoms with Crippen molar-refractivity contribution in [2.75, 3.05) is 7.11 Å². The van der Waals surface area contributed by atoms with Gasteiger partial charge in [-0.15, -0.1) is 0 Å². The summed E-state index contributed by atoms with van der Waals surface area (Å²) in [5.74, 6) is -2.17. The van der Waals surface area contributed by atoms with Crippen LogP contribution in [0, 0.1) is 11.6 Å². The molecular weight excluding hydrogens is 276 g/mol. The third-order valence-corrected chi connectivity index (χ3v) is 2.93. The van der Waals surface area contributed by atoms with Crippen LogP contribution < -0.4 is 5.32 Å². The fourth-order valence-electron chi connectivity index (χ4n) is 1.95. The molecule has 3 nitrogen and oxygen atoms in total. The van der Waals surface area contributed by atoms with E-state index in [9.17, 15) is 13.6 Å². The lowest BCUT2D eigenvalue weighted by Crippen LogP contribution is -2.24. The van der Waals surface area contributed by atoms with Gasteiger partial charge in [0.05, 0.1) is 12.2 Å². The fraction of sp³-hybridized carbons (Fsp3) is 0.188. The predicted molar refractivity (Wildman–Crippen MR) is 74.7 cm³/mol. The third kappa shape index (κ3) is 4.10. The van der Waals surface area contributed by atoms with Crippen LogP contribution in [0.4, 0.5) is 8.78 Å². The normalized spacial score (nSPS) is 10.4. The second-order valence-corrected chi connectivity index (χ2v) is 4.56. The van der Waals surface area contributed by atoms with Gasteiger partial charge in [0.15, 0.2) is 0 Å². The molecule has 0 saturated carbocycles. The number of rotatable bonds is 5. The van der Waals surface area contributed by atoms with Crippen molar-refractivity contribution < 1.29 is 18.3 Å². The number of carbonyl (C=O) groups is 1. The van der Waals surface area contributed by atoms with E-state index in [1.54, 1.807) is 7.11 Å². The number of benzene rings is 2. The maximum Gasteiger partial charge on any atom is 0.254 e. The van der Waals surface area contributed by atoms with Gasteiger partial charge in [-0.3, -0.25) is 4.79 Å². The van der Waals surface area contributed by atoms with Gasteiger partial charge in [-0.2, -0.15) is 0 Å². The van der Waals surface area contributed by atoms with Crippen molar-refractivity contribution in [3.8, 4) is 0 Å². The van der Waals surface area contributed by atoms with Gasteiger partial charge in [-0.1, -0.05) is 24.3 Å². The summed E-state index contributed by atoms with van der Waals surface area (Å²) in [5, 5.41) is 2.60. The molecule has 1 amide bonds. The number of nitrogens with one attached hydrogen (secondary N) is 1. The van der Waals surface area contributed by atoms with E-state index in [1.807, 2.05) is 24.3 Å². The lowest BCUT2D eigenvalue weighted by atomic mass is 10.1. The Morgan fingerprint density at radius 2 is 1.90 bits per heavy atom. The number of methoxy groups -OCH3 is 1. The van der Waals surface area contributed by atoms with E-state index in [0.717, 1.165) is 23.3 Å². The topological polar surface area (TPSA) is 38.3 Å². The zero-order valence-corrected chi connectivity index (χ0v) is 11.5. The minimum absolute atomic E-state index is 0.176. The Bertz CT molecular complexity index is 644. The molecule has 1 N–H and O–H groups in total. The Hall–Kier alpha value is -2.27. The maximum atomic E-state index is 13.5. The van der Waals surface area contributed by atoms with E-state index in [1.165, 1.54) is 0 Å². The summed E-state index contributed by atoms with van der Waals surface area (Å²) in [6.07, 6.45) is 0. The molecule has 21 heavy (non-hydrogen) atoms. The summed E-state index contributed by atoms with van der Waals surface area (Å²) in [7, 11) is 1.60. The first kappa shape index (κ1) is 15.1. The lowest BCUT2D eigenvalue weighted by molar-refractivity contribution is 0.0947. The molecule has 0 aliphatic heterocycles. The van der Waals surface area contributed by atoms with Crippen LogP contribution >= 0.6 is 0 Å². The van der Waals surface area contributed by atoms with Gasteiger partial charge in [0.25, 0.3) is 5.91 Å². The number of halogens is 2. The summed E-state index contributed by atoms with van der Waals surface area (Å²) in [6.45, 7) is 0.738. The van der Waals surface area contributed by atoms with E-state index in [2.05, 4.69) is 5.32 Å². The molecule has 5 heteroatoms. The monoisotopic (exact) mass is 291 g/mol. The van der Waals surface area contributed by atoms with Crippen molar-refractivity contribution in [1.82, 2.24) is 5.32 Å². The van der Waals surface area contributed by atoms with Gasteiger partial charge in [0.2, 0.25) is 0 Å². The molecule has 0 unspecified atom stereocenters. The Balaban J connectivity index is 2.02. The fourth-order valence-corrected chi connectivity index (χ4v) is 1.95. The molecule has 0 saturated heterocycles. The molecular formula is C16H15F2NO2. The molecule has 2 aromatic carbocycles. The summed E-state index contributed by atoms with van der Waals surface area (Å²) >= 11 is 0. The van der Waals surface area contributed by atoms with Crippen molar-refractivity contribution in [1.29, 1.82) is 0 Å². The van der Waals surface area contributed by atoms with Gasteiger partial charge in [-0.25, -0.2) is 8.78 Å². The zero-order valence-electron chi connectivity index (χ0n) is 11.5. The van der Waals surface area contributed by atoms with Crippen LogP contribution in [0.5, 0.6) is 0 Å². The van der Waals surface area contributed by atoms with E-state index < -0.39 is 17.5 Å². The minimum Gasteiger partial charge on any atom is -0.380 e. The van der Waals surface area contributed by atoms with Crippen molar-refractivity contribution >= 4 is 5.91 Å². The largest absolute Gasteiger partial charge is 0.380 e. The van der Waals surface area contributed by atoms with Gasteiger partial charge in [0, 0.05) is 19.7 Å². The van der Waals surface area contributed by atoms with Crippen molar-refractivity contribution in [3.05, 3.63) is 70.8 Å². The molecule has 0 aromatic heterocycles. The lowest BCUT2D eigenvalue weighted by Gasteiger charge is -2.08. The van der Waals surface area contributed by atoms with E-state index >= 15 is 0 Å². The SMILES string of the molecule is COCc1cccc(CNC(=O)c2ccc(F)cc2F)c1. The van der Waals surface area contributed by atoms with Crippen LogP contribution in [-0.4, -0.2) is 13.0 Å². The minimum atomic E-state index is -0.874. The molecule has 2 aromatic rings. The van der Waals surface area contributed by atoms with Crippen LogP contribution in [0.15, 0.2) is 42.5 Å². The Morgan fingerprint density at radius 3 is 2.62 bits per heavy atom. The number of ether oxygens (including phenoxy) is 1. The average Bonchev–Trinajstić information content (AvgIpc) is 2.45. The number of amides is 1. The first-order valence-electron chi connectivity index (χ1n) is 6.40. The number of hydrogen-bond acceptors (Lipinski definition) is 2. The van der Waals surface area contributed by atoms with Crippen molar-refractivity contribution in [2.24, 2.45) is 0 Å². The molecule has 0 bridgehead atoms. The molecule has 0 radical (unpaired) electrons. The highest BCUT2D eigenvalue weighted by Gasteiger charge is 2.12. The van der Waals surface area contributed by atoms with Crippen LogP contribution in [0.3, 0.4) is 0 Å². The summed E-state index contributed by atoms with van der Waals surface area (Å²) in [4.78, 5) is 11.9. The first-order chi connectivity index (χ1) is 10.1. The van der Waals surface area contributed by atoms with Crippen LogP contribution in [0.1, 0.15) is 21.5 Å². The zero-order chi connectivity index (χ0) is 15.2. The standard InChI is InChI=1S/C16H15F2NO2/c1-21-10-12-4-2-3-11(7-12)9-19-16(20)14-6-5-13(17)8-15(14)18/h2-8H,9-10H2,1H3,(H,19,20). The molecule has 0 aliphatic rings. The quantitative estimate of drug-likeness (QED) is 0.919. The molecule has 0 heterocycles. The Labute approximate surface area is 121 Å². The molecule has 0 aliphatic carbocycles. The highest BCUT2D eigenvalue weighted by Crippen LogP contribution is 2.10. The van der Waals surface area contributed by atoms with Gasteiger partial charge in [0.1, 0.15) is 11.6 Å². The third-order valence-electron chi connectivity index (χ3n) is 2.93. The number of hydrogen-bond donors (Lipinski definition) is 1. The second-order valence-electron chi connectivity index (χ2n) is 4.56. The van der Waals surface area contributed by atoms with Gasteiger partial charge < -0.3 is 10.1 Å². The Kier molecular flexibility index (Phi) is 5.00. The smallest absolute Gasteiger partial charge is 0.254 e. The van der Waals surface area contributed by atoms with E-state index in [0.29, 0.717) is 12.7 Å². The van der Waals surface area contributed by atoms with Gasteiger partial charge >= 0.3 is 0 Å². The highest BCUT2D eigenvalue weighted by atomic mass is 19.1. The Morgan fingerprint density at radius 1 is 1.14 bits per heavy atom. The van der Waals surface area contributed by atoms with Crippen LogP contribution in [0.2, 0.25) is 0 Å². The second kappa shape index (κ2) is 6.95. The predicted octanol–water partition coefficient (Wildman–Crippen LogP) is 3.04. The van der Waals surface area contributed by atoms with Crippen LogP contribution in [-0.2, 0) is 17.9 Å².